The van der Waals surface area contributed by atoms with Crippen LogP contribution in [0.15, 0.2) is 64.3 Å². The van der Waals surface area contributed by atoms with Crippen LogP contribution in [0.25, 0.3) is 22.3 Å². The number of methoxy groups -OCH3 is 2. The number of ether oxygens (including phenoxy) is 2. The molecule has 0 aliphatic heterocycles. The Morgan fingerprint density at radius 1 is 1.12 bits per heavy atom. The second-order valence-electron chi connectivity index (χ2n) is 5.37. The van der Waals surface area contributed by atoms with E-state index in [1.807, 2.05) is 30.3 Å². The molecule has 0 atom stereocenters. The maximum absolute atomic E-state index is 12.7. The van der Waals surface area contributed by atoms with E-state index in [4.69, 9.17) is 13.9 Å². The molecule has 3 aromatic rings. The highest BCUT2D eigenvalue weighted by molar-refractivity contribution is 5.97. The Hall–Kier alpha value is -3.21. The summed E-state index contributed by atoms with van der Waals surface area (Å²) in [5.41, 5.74) is 1.62. The molecule has 0 aliphatic rings. The predicted octanol–water partition coefficient (Wildman–Crippen LogP) is 4.08. The molecule has 0 spiro atoms. The van der Waals surface area contributed by atoms with Gasteiger partial charge in [0, 0.05) is 24.2 Å². The van der Waals surface area contributed by atoms with Gasteiger partial charge in [-0.15, -0.1) is 6.58 Å². The number of rotatable bonds is 6. The molecule has 5 heteroatoms. The van der Waals surface area contributed by atoms with Gasteiger partial charge >= 0.3 is 0 Å². The van der Waals surface area contributed by atoms with E-state index in [1.54, 1.807) is 19.3 Å². The number of hydrogen-bond donors (Lipinski definition) is 1. The molecule has 1 N–H and O–H groups in total. The summed E-state index contributed by atoms with van der Waals surface area (Å²) >= 11 is 0. The SMILES string of the molecule is C=CCNc1c(OC)cc(OC)c2c(=O)cc(-c3ccccc3)oc12. The van der Waals surface area contributed by atoms with E-state index in [0.717, 1.165) is 5.56 Å². The maximum Gasteiger partial charge on any atom is 0.197 e. The van der Waals surface area contributed by atoms with E-state index in [-0.39, 0.29) is 5.43 Å². The zero-order chi connectivity index (χ0) is 17.8. The monoisotopic (exact) mass is 337 g/mol. The molecule has 1 heterocycles. The van der Waals surface area contributed by atoms with Crippen LogP contribution in [0.2, 0.25) is 0 Å². The standard InChI is InChI=1S/C20H19NO4/c1-4-10-21-19-17(24-3)12-16(23-2)18-14(22)11-15(25-20(18)19)13-8-6-5-7-9-13/h4-9,11-12,21H,1,10H2,2-3H3. The molecular weight excluding hydrogens is 318 g/mol. The maximum atomic E-state index is 12.7. The average molecular weight is 337 g/mol. The normalized spacial score (nSPS) is 10.5. The fourth-order valence-corrected chi connectivity index (χ4v) is 2.69. The lowest BCUT2D eigenvalue weighted by Crippen LogP contribution is -2.07. The van der Waals surface area contributed by atoms with E-state index in [9.17, 15) is 4.79 Å². The minimum Gasteiger partial charge on any atom is -0.496 e. The third-order valence-corrected chi connectivity index (χ3v) is 3.85. The Kier molecular flexibility index (Phi) is 4.75. The molecule has 0 bridgehead atoms. The molecule has 25 heavy (non-hydrogen) atoms. The second kappa shape index (κ2) is 7.13. The summed E-state index contributed by atoms with van der Waals surface area (Å²) in [7, 11) is 3.06. The largest absolute Gasteiger partial charge is 0.496 e. The first-order chi connectivity index (χ1) is 12.2. The van der Waals surface area contributed by atoms with Crippen molar-refractivity contribution in [2.45, 2.75) is 0 Å². The van der Waals surface area contributed by atoms with Crippen LogP contribution in [0.4, 0.5) is 5.69 Å². The van der Waals surface area contributed by atoms with Crippen LogP contribution >= 0.6 is 0 Å². The van der Waals surface area contributed by atoms with Gasteiger partial charge in [0.25, 0.3) is 0 Å². The molecule has 0 saturated heterocycles. The molecule has 2 aromatic carbocycles. The first-order valence-electron chi connectivity index (χ1n) is 7.82. The van der Waals surface area contributed by atoms with Crippen LogP contribution in [0, 0.1) is 0 Å². The van der Waals surface area contributed by atoms with Gasteiger partial charge < -0.3 is 19.2 Å². The molecule has 0 radical (unpaired) electrons. The van der Waals surface area contributed by atoms with Crippen molar-refractivity contribution in [1.82, 2.24) is 0 Å². The molecule has 128 valence electrons. The first kappa shape index (κ1) is 16.6. The lowest BCUT2D eigenvalue weighted by molar-refractivity contribution is 0.397. The quantitative estimate of drug-likeness (QED) is 0.687. The molecule has 5 nitrogen and oxygen atoms in total. The fraction of sp³-hybridized carbons (Fsp3) is 0.150. The van der Waals surface area contributed by atoms with Gasteiger partial charge in [-0.3, -0.25) is 4.79 Å². The summed E-state index contributed by atoms with van der Waals surface area (Å²) in [5.74, 6) is 1.42. The zero-order valence-electron chi connectivity index (χ0n) is 14.2. The van der Waals surface area contributed by atoms with Crippen LogP contribution in [-0.4, -0.2) is 20.8 Å². The number of benzene rings is 2. The van der Waals surface area contributed by atoms with Gasteiger partial charge in [-0.05, 0) is 0 Å². The van der Waals surface area contributed by atoms with E-state index in [0.29, 0.717) is 40.5 Å². The number of anilines is 1. The molecule has 0 fully saturated rings. The van der Waals surface area contributed by atoms with Crippen molar-refractivity contribution < 1.29 is 13.9 Å². The molecule has 0 saturated carbocycles. The molecule has 0 amide bonds. The minimum absolute atomic E-state index is 0.179. The molecular formula is C20H19NO4. The van der Waals surface area contributed by atoms with Gasteiger partial charge in [-0.2, -0.15) is 0 Å². The lowest BCUT2D eigenvalue weighted by atomic mass is 10.1. The van der Waals surface area contributed by atoms with Gasteiger partial charge in [0.15, 0.2) is 11.0 Å². The van der Waals surface area contributed by atoms with Gasteiger partial charge in [-0.1, -0.05) is 36.4 Å². The molecule has 0 unspecified atom stereocenters. The van der Waals surface area contributed by atoms with Crippen LogP contribution in [0.3, 0.4) is 0 Å². The highest BCUT2D eigenvalue weighted by atomic mass is 16.5. The van der Waals surface area contributed by atoms with Gasteiger partial charge in [0.05, 0.1) is 14.2 Å². The van der Waals surface area contributed by atoms with Gasteiger partial charge in [0.2, 0.25) is 0 Å². The van der Waals surface area contributed by atoms with E-state index < -0.39 is 0 Å². The van der Waals surface area contributed by atoms with Crippen LogP contribution in [0.5, 0.6) is 11.5 Å². The summed E-state index contributed by atoms with van der Waals surface area (Å²) < 4.78 is 16.9. The van der Waals surface area contributed by atoms with Crippen LogP contribution < -0.4 is 20.2 Å². The molecule has 3 rings (SSSR count). The smallest absolute Gasteiger partial charge is 0.197 e. The number of nitrogens with one attached hydrogen (secondary N) is 1. The van der Waals surface area contributed by atoms with E-state index in [1.165, 1.54) is 13.2 Å². The summed E-state index contributed by atoms with van der Waals surface area (Å²) in [6.45, 7) is 4.20. The van der Waals surface area contributed by atoms with Crippen LogP contribution in [0.1, 0.15) is 0 Å². The summed E-state index contributed by atoms with van der Waals surface area (Å²) in [6.07, 6.45) is 1.72. The molecule has 1 aromatic heterocycles. The number of hydrogen-bond acceptors (Lipinski definition) is 5. The van der Waals surface area contributed by atoms with Crippen molar-refractivity contribution in [3.05, 3.63) is 65.3 Å². The Balaban J connectivity index is 2.36. The predicted molar refractivity (Wildman–Crippen MR) is 99.7 cm³/mol. The first-order valence-corrected chi connectivity index (χ1v) is 7.82. The topological polar surface area (TPSA) is 60.7 Å². The third kappa shape index (κ3) is 3.08. The zero-order valence-corrected chi connectivity index (χ0v) is 14.2. The highest BCUT2D eigenvalue weighted by Gasteiger charge is 2.19. The second-order valence-corrected chi connectivity index (χ2v) is 5.37. The summed E-state index contributed by atoms with van der Waals surface area (Å²) in [6, 6.07) is 12.6. The average Bonchev–Trinajstić information content (AvgIpc) is 2.66. The minimum atomic E-state index is -0.179. The Bertz CT molecular complexity index is 961. The van der Waals surface area contributed by atoms with Gasteiger partial charge in [0.1, 0.15) is 28.3 Å². The van der Waals surface area contributed by atoms with Crippen molar-refractivity contribution in [3.63, 3.8) is 0 Å². The van der Waals surface area contributed by atoms with Crippen LogP contribution in [-0.2, 0) is 0 Å². The van der Waals surface area contributed by atoms with E-state index in [2.05, 4.69) is 11.9 Å². The van der Waals surface area contributed by atoms with E-state index >= 15 is 0 Å². The van der Waals surface area contributed by atoms with Crippen molar-refractivity contribution in [1.29, 1.82) is 0 Å². The summed E-state index contributed by atoms with van der Waals surface area (Å²) in [5, 5.41) is 3.55. The fourth-order valence-electron chi connectivity index (χ4n) is 2.69. The Morgan fingerprint density at radius 2 is 1.84 bits per heavy atom. The van der Waals surface area contributed by atoms with Crippen molar-refractivity contribution in [2.75, 3.05) is 26.1 Å². The number of fused-ring (bicyclic) bond motifs is 1. The lowest BCUT2D eigenvalue weighted by Gasteiger charge is -2.15. The van der Waals surface area contributed by atoms with Crippen molar-refractivity contribution in [3.8, 4) is 22.8 Å². The highest BCUT2D eigenvalue weighted by Crippen LogP contribution is 2.39. The third-order valence-electron chi connectivity index (χ3n) is 3.85. The Labute approximate surface area is 145 Å². The van der Waals surface area contributed by atoms with Gasteiger partial charge in [-0.25, -0.2) is 0 Å². The molecule has 0 aliphatic carbocycles. The Morgan fingerprint density at radius 3 is 2.48 bits per heavy atom. The van der Waals surface area contributed by atoms with Crippen molar-refractivity contribution in [2.24, 2.45) is 0 Å². The summed E-state index contributed by atoms with van der Waals surface area (Å²) in [4.78, 5) is 12.7. The van der Waals surface area contributed by atoms with Crippen molar-refractivity contribution >= 4 is 16.7 Å².